The van der Waals surface area contributed by atoms with Crippen LogP contribution < -0.4 is 11.6 Å². The van der Waals surface area contributed by atoms with E-state index in [0.29, 0.717) is 104 Å². The smallest absolute Gasteiger partial charge is 0.246 e. The molecule has 0 aromatic carbocycles. The van der Waals surface area contributed by atoms with E-state index in [1.807, 2.05) is 13.8 Å². The summed E-state index contributed by atoms with van der Waals surface area (Å²) < 4.78 is 37.9. The van der Waals surface area contributed by atoms with Gasteiger partial charge in [0.15, 0.2) is 0 Å². The van der Waals surface area contributed by atoms with E-state index in [1.54, 1.807) is 7.05 Å². The Hall–Kier alpha value is -2.10. The first-order valence-electron chi connectivity index (χ1n) is 13.9. The molecule has 13 heteroatoms. The molecule has 0 heterocycles. The molecule has 0 aliphatic heterocycles. The number of aldehydes is 1. The van der Waals surface area contributed by atoms with Gasteiger partial charge in [-0.15, -0.1) is 0 Å². The highest BCUT2D eigenvalue weighted by Crippen LogP contribution is 1.94. The number of likely N-dealkylation sites (N-methyl/N-ethyl adjacent to an activating group) is 1. The molecule has 0 atom stereocenters. The van der Waals surface area contributed by atoms with E-state index in [9.17, 15) is 9.59 Å². The summed E-state index contributed by atoms with van der Waals surface area (Å²) in [4.78, 5) is 23.3. The van der Waals surface area contributed by atoms with Crippen molar-refractivity contribution < 1.29 is 42.7 Å². The molecular weight excluding hydrogens is 524 g/mol. The van der Waals surface area contributed by atoms with Crippen LogP contribution in [0.15, 0.2) is 24.0 Å². The highest BCUT2D eigenvalue weighted by Gasteiger charge is 2.06. The van der Waals surface area contributed by atoms with Crippen molar-refractivity contribution in [1.82, 2.24) is 9.91 Å². The zero-order valence-corrected chi connectivity index (χ0v) is 25.1. The number of carbonyl (C=O) groups is 2. The van der Waals surface area contributed by atoms with Gasteiger partial charge in [-0.3, -0.25) is 9.59 Å². The standard InChI is InChI=1S/C25H48N4O9.C2H6/c1-3-8-32-10-12-34-14-16-36-18-20-38-21-19-37-17-15-35-13-11-33-9-6-29(27)23-24(26)22-28(2)25(31)5-4-7-30;1-2/h4-5,7,23H,3,6,8-22,26-27H2,1-2H3;1-2H3/b5-4-,24-23-;. The predicted octanol–water partition coefficient (Wildman–Crippen LogP) is 0.728. The fourth-order valence-corrected chi connectivity index (χ4v) is 2.65. The molecule has 0 unspecified atom stereocenters. The first kappa shape index (κ1) is 40.0. The zero-order chi connectivity index (χ0) is 30.1. The lowest BCUT2D eigenvalue weighted by Crippen LogP contribution is -2.34. The highest BCUT2D eigenvalue weighted by molar-refractivity contribution is 5.90. The first-order chi connectivity index (χ1) is 19.5. The third kappa shape index (κ3) is 30.4. The van der Waals surface area contributed by atoms with Crippen LogP contribution in [-0.4, -0.2) is 135 Å². The average molecular weight is 579 g/mol. The Morgan fingerprint density at radius 3 is 1.45 bits per heavy atom. The minimum Gasteiger partial charge on any atom is -0.399 e. The van der Waals surface area contributed by atoms with E-state index in [2.05, 4.69) is 6.92 Å². The van der Waals surface area contributed by atoms with Crippen LogP contribution in [0.2, 0.25) is 0 Å². The predicted molar refractivity (Wildman–Crippen MR) is 153 cm³/mol. The number of hydrazine groups is 1. The number of ether oxygens (including phenoxy) is 7. The second-order valence-electron chi connectivity index (χ2n) is 7.92. The number of nitrogens with zero attached hydrogens (tertiary/aromatic N) is 2. The summed E-state index contributed by atoms with van der Waals surface area (Å²) >= 11 is 0. The fourth-order valence-electron chi connectivity index (χ4n) is 2.65. The number of rotatable bonds is 28. The molecular formula is C27H54N4O9. The summed E-state index contributed by atoms with van der Waals surface area (Å²) in [5.74, 6) is 5.52. The Morgan fingerprint density at radius 1 is 0.700 bits per heavy atom. The van der Waals surface area contributed by atoms with E-state index < -0.39 is 0 Å². The zero-order valence-electron chi connectivity index (χ0n) is 25.1. The van der Waals surface area contributed by atoms with Crippen LogP contribution in [0, 0.1) is 0 Å². The summed E-state index contributed by atoms with van der Waals surface area (Å²) in [7, 11) is 1.57. The van der Waals surface area contributed by atoms with Crippen LogP contribution in [0.1, 0.15) is 27.2 Å². The molecule has 0 aromatic rings. The Labute approximate surface area is 240 Å². The number of carbonyl (C=O) groups excluding carboxylic acids is 2. The van der Waals surface area contributed by atoms with E-state index in [0.717, 1.165) is 19.1 Å². The van der Waals surface area contributed by atoms with Crippen LogP contribution in [-0.2, 0) is 42.7 Å². The molecule has 0 aliphatic carbocycles. The van der Waals surface area contributed by atoms with Crippen molar-refractivity contribution in [1.29, 1.82) is 0 Å². The normalized spacial score (nSPS) is 11.4. The molecule has 13 nitrogen and oxygen atoms in total. The lowest BCUT2D eigenvalue weighted by atomic mass is 10.4. The van der Waals surface area contributed by atoms with Gasteiger partial charge in [-0.25, -0.2) is 5.84 Å². The molecule has 0 bridgehead atoms. The van der Waals surface area contributed by atoms with Gasteiger partial charge in [-0.2, -0.15) is 0 Å². The van der Waals surface area contributed by atoms with Crippen molar-refractivity contribution in [3.05, 3.63) is 24.0 Å². The Balaban J connectivity index is 0. The van der Waals surface area contributed by atoms with Gasteiger partial charge in [0.1, 0.15) is 6.29 Å². The minimum absolute atomic E-state index is 0.180. The van der Waals surface area contributed by atoms with Crippen LogP contribution in [0.3, 0.4) is 0 Å². The molecule has 236 valence electrons. The summed E-state index contributed by atoms with van der Waals surface area (Å²) in [6.45, 7) is 13.9. The van der Waals surface area contributed by atoms with Crippen LogP contribution in [0.4, 0.5) is 0 Å². The van der Waals surface area contributed by atoms with Gasteiger partial charge in [0.05, 0.1) is 99.0 Å². The van der Waals surface area contributed by atoms with Crippen molar-refractivity contribution in [2.75, 3.05) is 113 Å². The van der Waals surface area contributed by atoms with E-state index in [-0.39, 0.29) is 12.5 Å². The SMILES string of the molecule is CC.CCCOCCOCCOCCOCCOCCOCCOCCN(N)/C=C(\N)CN(C)C(=O)/C=C\C=O. The van der Waals surface area contributed by atoms with Gasteiger partial charge < -0.3 is 48.8 Å². The van der Waals surface area contributed by atoms with Gasteiger partial charge in [0.25, 0.3) is 0 Å². The number of amides is 1. The second-order valence-corrected chi connectivity index (χ2v) is 7.92. The second kappa shape index (κ2) is 33.1. The van der Waals surface area contributed by atoms with Crippen molar-refractivity contribution in [2.45, 2.75) is 27.2 Å². The summed E-state index contributed by atoms with van der Waals surface area (Å²) in [5.41, 5.74) is 6.28. The molecule has 0 saturated heterocycles. The number of hydrogen-bond acceptors (Lipinski definition) is 12. The van der Waals surface area contributed by atoms with Crippen LogP contribution >= 0.6 is 0 Å². The van der Waals surface area contributed by atoms with Crippen molar-refractivity contribution in [3.63, 3.8) is 0 Å². The molecule has 0 aliphatic rings. The summed E-state index contributed by atoms with van der Waals surface area (Å²) in [6.07, 6.45) is 5.38. The molecule has 0 saturated carbocycles. The molecule has 4 N–H and O–H groups in total. The monoisotopic (exact) mass is 578 g/mol. The molecule has 1 amide bonds. The molecule has 0 spiro atoms. The van der Waals surface area contributed by atoms with Crippen molar-refractivity contribution >= 4 is 12.2 Å². The third-order valence-electron chi connectivity index (χ3n) is 4.52. The van der Waals surface area contributed by atoms with E-state index >= 15 is 0 Å². The Bertz CT molecular complexity index is 625. The van der Waals surface area contributed by atoms with Gasteiger partial charge in [0, 0.05) is 31.6 Å². The largest absolute Gasteiger partial charge is 0.399 e. The summed E-state index contributed by atoms with van der Waals surface area (Å²) in [5, 5.41) is 1.39. The molecule has 0 fully saturated rings. The maximum absolute atomic E-state index is 11.7. The van der Waals surface area contributed by atoms with Crippen LogP contribution in [0.5, 0.6) is 0 Å². The molecule has 0 aromatic heterocycles. The molecule has 0 rings (SSSR count). The van der Waals surface area contributed by atoms with Gasteiger partial charge in [0.2, 0.25) is 5.91 Å². The van der Waals surface area contributed by atoms with Crippen LogP contribution in [0.25, 0.3) is 0 Å². The fraction of sp³-hybridized carbons (Fsp3) is 0.778. The van der Waals surface area contributed by atoms with Crippen molar-refractivity contribution in [3.8, 4) is 0 Å². The van der Waals surface area contributed by atoms with E-state index in [1.165, 1.54) is 22.2 Å². The maximum Gasteiger partial charge on any atom is 0.246 e. The number of allylic oxidation sites excluding steroid dienone is 1. The lowest BCUT2D eigenvalue weighted by molar-refractivity contribution is -0.124. The number of nitrogens with two attached hydrogens (primary N) is 2. The Morgan fingerprint density at radius 2 is 1.07 bits per heavy atom. The quantitative estimate of drug-likeness (QED) is 0.0442. The van der Waals surface area contributed by atoms with E-state index in [4.69, 9.17) is 44.7 Å². The average Bonchev–Trinajstić information content (AvgIpc) is 2.95. The third-order valence-corrected chi connectivity index (χ3v) is 4.52. The van der Waals surface area contributed by atoms with Crippen molar-refractivity contribution in [2.24, 2.45) is 11.6 Å². The van der Waals surface area contributed by atoms with Gasteiger partial charge in [-0.05, 0) is 12.5 Å². The first-order valence-corrected chi connectivity index (χ1v) is 13.9. The highest BCUT2D eigenvalue weighted by atomic mass is 16.6. The topological polar surface area (TPSA) is 157 Å². The lowest BCUT2D eigenvalue weighted by Gasteiger charge is -2.18. The maximum atomic E-state index is 11.7. The molecule has 40 heavy (non-hydrogen) atoms. The van der Waals surface area contributed by atoms with Gasteiger partial charge >= 0.3 is 0 Å². The Kier molecular flexibility index (Phi) is 33.1. The molecule has 0 radical (unpaired) electrons. The van der Waals surface area contributed by atoms with Gasteiger partial charge in [-0.1, -0.05) is 20.8 Å². The number of hydrogen-bond donors (Lipinski definition) is 2. The summed E-state index contributed by atoms with van der Waals surface area (Å²) in [6, 6.07) is 0. The minimum atomic E-state index is -0.331.